The van der Waals surface area contributed by atoms with E-state index < -0.39 is 0 Å². The van der Waals surface area contributed by atoms with E-state index in [1.54, 1.807) is 24.3 Å². The number of benzene rings is 1. The summed E-state index contributed by atoms with van der Waals surface area (Å²) in [6.07, 6.45) is 7.37. The lowest BCUT2D eigenvalue weighted by Crippen LogP contribution is -2.31. The highest BCUT2D eigenvalue weighted by atomic mass is 16.2. The smallest absolute Gasteiger partial charge is 0.261 e. The maximum atomic E-state index is 12.3. The zero-order chi connectivity index (χ0) is 17.7. The highest BCUT2D eigenvalue weighted by molar-refractivity contribution is 6.21. The van der Waals surface area contributed by atoms with Gasteiger partial charge in [-0.05, 0) is 42.7 Å². The minimum atomic E-state index is -0.144. The molecule has 0 aromatic heterocycles. The normalized spacial score (nSPS) is 15.5. The largest absolute Gasteiger partial charge is 0.274 e. The van der Waals surface area contributed by atoms with Crippen LogP contribution in [0.1, 0.15) is 73.6 Å². The first kappa shape index (κ1) is 18.4. The fourth-order valence-corrected chi connectivity index (χ4v) is 3.36. The molecule has 0 bridgehead atoms. The van der Waals surface area contributed by atoms with Crippen LogP contribution in [-0.4, -0.2) is 23.3 Å². The number of rotatable bonds is 9. The van der Waals surface area contributed by atoms with Crippen molar-refractivity contribution >= 4 is 11.8 Å². The maximum absolute atomic E-state index is 12.3. The molecule has 0 N–H and O–H groups in total. The number of amides is 2. The molecule has 1 atom stereocenters. The van der Waals surface area contributed by atoms with E-state index in [4.69, 9.17) is 0 Å². The Morgan fingerprint density at radius 1 is 1.12 bits per heavy atom. The van der Waals surface area contributed by atoms with Crippen molar-refractivity contribution in [2.75, 3.05) is 6.54 Å². The van der Waals surface area contributed by atoms with Gasteiger partial charge in [-0.25, -0.2) is 0 Å². The van der Waals surface area contributed by atoms with Crippen LogP contribution in [0.3, 0.4) is 0 Å². The van der Waals surface area contributed by atoms with E-state index in [1.807, 2.05) is 6.08 Å². The zero-order valence-electron chi connectivity index (χ0n) is 15.2. The number of imide groups is 1. The van der Waals surface area contributed by atoms with Crippen LogP contribution < -0.4 is 0 Å². The lowest BCUT2D eigenvalue weighted by atomic mass is 9.83. The zero-order valence-corrected chi connectivity index (χ0v) is 15.2. The first-order chi connectivity index (χ1) is 11.4. The van der Waals surface area contributed by atoms with Crippen molar-refractivity contribution in [3.8, 4) is 0 Å². The van der Waals surface area contributed by atoms with Crippen molar-refractivity contribution < 1.29 is 9.59 Å². The number of carbonyl (C=O) groups excluding carboxylic acids is 2. The standard InChI is InChI=1S/C21H29NO2/c1-5-13-21(3,4)14-8-9-16(2)12-15-22-19(23)17-10-6-7-11-18(17)20(22)24/h5-7,10-11,16H,1,8-9,12-15H2,2-4H3. The molecule has 0 saturated carbocycles. The fraction of sp³-hybridized carbons (Fsp3) is 0.524. The molecule has 1 aromatic rings. The molecule has 24 heavy (non-hydrogen) atoms. The second kappa shape index (κ2) is 7.78. The van der Waals surface area contributed by atoms with Gasteiger partial charge < -0.3 is 0 Å². The van der Waals surface area contributed by atoms with Crippen molar-refractivity contribution in [3.05, 3.63) is 48.0 Å². The van der Waals surface area contributed by atoms with Crippen LogP contribution in [0.2, 0.25) is 0 Å². The van der Waals surface area contributed by atoms with Gasteiger partial charge in [0.15, 0.2) is 0 Å². The third-order valence-corrected chi connectivity index (χ3v) is 4.97. The van der Waals surface area contributed by atoms with Crippen molar-refractivity contribution in [1.29, 1.82) is 0 Å². The molecule has 1 aromatic carbocycles. The van der Waals surface area contributed by atoms with E-state index in [9.17, 15) is 9.59 Å². The quantitative estimate of drug-likeness (QED) is 0.468. The summed E-state index contributed by atoms with van der Waals surface area (Å²) in [7, 11) is 0. The second-order valence-corrected chi connectivity index (χ2v) is 7.75. The lowest BCUT2D eigenvalue weighted by Gasteiger charge is -2.24. The molecule has 0 fully saturated rings. The first-order valence-corrected chi connectivity index (χ1v) is 8.92. The topological polar surface area (TPSA) is 37.4 Å². The molecule has 0 radical (unpaired) electrons. The van der Waals surface area contributed by atoms with Crippen LogP contribution in [0.15, 0.2) is 36.9 Å². The number of fused-ring (bicyclic) bond motifs is 1. The molecule has 2 amide bonds. The van der Waals surface area contributed by atoms with Crippen molar-refractivity contribution in [2.24, 2.45) is 11.3 Å². The molecule has 1 unspecified atom stereocenters. The minimum Gasteiger partial charge on any atom is -0.274 e. The number of hydrogen-bond donors (Lipinski definition) is 0. The molecule has 3 nitrogen and oxygen atoms in total. The summed E-state index contributed by atoms with van der Waals surface area (Å²) in [4.78, 5) is 26.1. The Hall–Kier alpha value is -1.90. The van der Waals surface area contributed by atoms with E-state index in [2.05, 4.69) is 27.4 Å². The number of hydrogen-bond acceptors (Lipinski definition) is 2. The summed E-state index contributed by atoms with van der Waals surface area (Å²) in [5.41, 5.74) is 1.40. The summed E-state index contributed by atoms with van der Waals surface area (Å²) < 4.78 is 0. The molecule has 1 heterocycles. The number of carbonyl (C=O) groups is 2. The Balaban J connectivity index is 1.79. The van der Waals surface area contributed by atoms with Gasteiger partial charge in [0.05, 0.1) is 11.1 Å². The van der Waals surface area contributed by atoms with Crippen molar-refractivity contribution in [2.45, 2.75) is 52.9 Å². The van der Waals surface area contributed by atoms with E-state index in [1.165, 1.54) is 17.7 Å². The Labute approximate surface area is 145 Å². The van der Waals surface area contributed by atoms with Crippen LogP contribution in [0, 0.1) is 11.3 Å². The highest BCUT2D eigenvalue weighted by Gasteiger charge is 2.34. The Bertz CT molecular complexity index is 583. The summed E-state index contributed by atoms with van der Waals surface area (Å²) >= 11 is 0. The van der Waals surface area contributed by atoms with Crippen molar-refractivity contribution in [3.63, 3.8) is 0 Å². The predicted molar refractivity (Wildman–Crippen MR) is 98.0 cm³/mol. The van der Waals surface area contributed by atoms with Gasteiger partial charge in [-0.3, -0.25) is 14.5 Å². The predicted octanol–water partition coefficient (Wildman–Crippen LogP) is 5.08. The summed E-state index contributed by atoms with van der Waals surface area (Å²) in [5, 5.41) is 0. The number of nitrogens with zero attached hydrogens (tertiary/aromatic N) is 1. The Morgan fingerprint density at radius 2 is 1.71 bits per heavy atom. The molecule has 2 rings (SSSR count). The van der Waals surface area contributed by atoms with E-state index in [0.717, 1.165) is 19.3 Å². The molecule has 0 spiro atoms. The molecule has 0 aliphatic carbocycles. The monoisotopic (exact) mass is 327 g/mol. The van der Waals surface area contributed by atoms with Crippen LogP contribution in [0.25, 0.3) is 0 Å². The van der Waals surface area contributed by atoms with E-state index >= 15 is 0 Å². The van der Waals surface area contributed by atoms with Gasteiger partial charge in [0.1, 0.15) is 0 Å². The van der Waals surface area contributed by atoms with Crippen LogP contribution in [-0.2, 0) is 0 Å². The Morgan fingerprint density at radius 3 is 2.25 bits per heavy atom. The summed E-state index contributed by atoms with van der Waals surface area (Å²) in [6.45, 7) is 11.1. The molecular formula is C21H29NO2. The van der Waals surface area contributed by atoms with E-state index in [0.29, 0.717) is 29.0 Å². The number of allylic oxidation sites excluding steroid dienone is 1. The molecule has 130 valence electrons. The second-order valence-electron chi connectivity index (χ2n) is 7.75. The SMILES string of the molecule is C=CCC(C)(C)CCCC(C)CCN1C(=O)c2ccccc2C1=O. The third-order valence-electron chi connectivity index (χ3n) is 4.97. The highest BCUT2D eigenvalue weighted by Crippen LogP contribution is 2.29. The van der Waals surface area contributed by atoms with Crippen LogP contribution >= 0.6 is 0 Å². The van der Waals surface area contributed by atoms with Crippen molar-refractivity contribution in [1.82, 2.24) is 4.90 Å². The van der Waals surface area contributed by atoms with Crippen LogP contribution in [0.4, 0.5) is 0 Å². The van der Waals surface area contributed by atoms with Gasteiger partial charge in [0, 0.05) is 6.54 Å². The average Bonchev–Trinajstić information content (AvgIpc) is 2.77. The first-order valence-electron chi connectivity index (χ1n) is 8.92. The minimum absolute atomic E-state index is 0.144. The Kier molecular flexibility index (Phi) is 5.98. The average molecular weight is 327 g/mol. The molecule has 1 aliphatic heterocycles. The lowest BCUT2D eigenvalue weighted by molar-refractivity contribution is 0.0646. The molecular weight excluding hydrogens is 298 g/mol. The molecule has 0 saturated heterocycles. The summed E-state index contributed by atoms with van der Waals surface area (Å²) in [5.74, 6) is 0.221. The molecule has 1 aliphatic rings. The van der Waals surface area contributed by atoms with Gasteiger partial charge in [-0.15, -0.1) is 6.58 Å². The maximum Gasteiger partial charge on any atom is 0.261 e. The summed E-state index contributed by atoms with van der Waals surface area (Å²) in [6, 6.07) is 7.09. The van der Waals surface area contributed by atoms with Gasteiger partial charge in [-0.1, -0.05) is 51.8 Å². The third kappa shape index (κ3) is 4.34. The van der Waals surface area contributed by atoms with Gasteiger partial charge >= 0.3 is 0 Å². The van der Waals surface area contributed by atoms with Gasteiger partial charge in [0.2, 0.25) is 0 Å². The van der Waals surface area contributed by atoms with E-state index in [-0.39, 0.29) is 11.8 Å². The fourth-order valence-electron chi connectivity index (χ4n) is 3.36. The molecule has 3 heteroatoms. The van der Waals surface area contributed by atoms with Gasteiger partial charge in [0.25, 0.3) is 11.8 Å². The van der Waals surface area contributed by atoms with Gasteiger partial charge in [-0.2, -0.15) is 0 Å². The van der Waals surface area contributed by atoms with Crippen LogP contribution in [0.5, 0.6) is 0 Å².